The molecule has 8 nitrogen and oxygen atoms in total. The van der Waals surface area contributed by atoms with Gasteiger partial charge in [0.05, 0.1) is 12.2 Å². The predicted molar refractivity (Wildman–Crippen MR) is 146 cm³/mol. The molecule has 1 aliphatic heterocycles. The number of ether oxygens (including phenoxy) is 1. The molecule has 3 heterocycles. The molecule has 0 bridgehead atoms. The van der Waals surface area contributed by atoms with Crippen LogP contribution >= 0.6 is 0 Å². The Labute approximate surface area is 218 Å². The number of nitrogens with one attached hydrogen (secondary N) is 1. The van der Waals surface area contributed by atoms with Crippen molar-refractivity contribution in [3.05, 3.63) is 40.3 Å². The van der Waals surface area contributed by atoms with E-state index in [1.54, 1.807) is 0 Å². The second-order valence-corrected chi connectivity index (χ2v) is 11.2. The van der Waals surface area contributed by atoms with Gasteiger partial charge >= 0.3 is 0 Å². The molecule has 2 aliphatic carbocycles. The molecule has 8 heteroatoms. The molecule has 0 unspecified atom stereocenters. The van der Waals surface area contributed by atoms with Crippen LogP contribution < -0.4 is 10.9 Å². The van der Waals surface area contributed by atoms with Gasteiger partial charge in [-0.1, -0.05) is 12.1 Å². The van der Waals surface area contributed by atoms with Crippen LogP contribution in [0.1, 0.15) is 69.9 Å². The summed E-state index contributed by atoms with van der Waals surface area (Å²) in [7, 11) is 0. The maximum Gasteiger partial charge on any atom is 0.260 e. The van der Waals surface area contributed by atoms with Gasteiger partial charge in [-0.3, -0.25) is 14.3 Å². The Morgan fingerprint density at radius 1 is 1.03 bits per heavy atom. The zero-order valence-corrected chi connectivity index (χ0v) is 21.9. The summed E-state index contributed by atoms with van der Waals surface area (Å²) in [5.74, 6) is 1.30. The molecule has 3 aromatic rings. The van der Waals surface area contributed by atoms with Gasteiger partial charge in [0.15, 0.2) is 0 Å². The number of hydrogen-bond acceptors (Lipinski definition) is 7. The van der Waals surface area contributed by atoms with Gasteiger partial charge < -0.3 is 15.2 Å². The minimum Gasteiger partial charge on any atom is -0.393 e. The number of benzene rings is 1. The fraction of sp³-hybridized carbons (Fsp3) is 0.621. The maximum atomic E-state index is 14.1. The number of fused-ring (bicyclic) bond motifs is 3. The number of pyridine rings is 1. The van der Waals surface area contributed by atoms with Gasteiger partial charge in [0.25, 0.3) is 5.56 Å². The molecule has 2 saturated carbocycles. The summed E-state index contributed by atoms with van der Waals surface area (Å²) in [5, 5.41) is 16.1. The smallest absolute Gasteiger partial charge is 0.260 e. The monoisotopic (exact) mass is 505 g/mol. The Morgan fingerprint density at radius 3 is 2.54 bits per heavy atom. The van der Waals surface area contributed by atoms with Crippen molar-refractivity contribution in [2.45, 2.75) is 83.1 Å². The number of aromatic nitrogens is 3. The molecule has 0 atom stereocenters. The minimum atomic E-state index is -0.275. The first-order valence-electron chi connectivity index (χ1n) is 14.2. The molecule has 1 saturated heterocycles. The van der Waals surface area contributed by atoms with E-state index in [0.29, 0.717) is 36.5 Å². The molecular formula is C29H39N5O3. The van der Waals surface area contributed by atoms with E-state index in [1.807, 2.05) is 10.8 Å². The highest BCUT2D eigenvalue weighted by molar-refractivity contribution is 6.04. The SMILES string of the molecule is CCOC1CCN(Cc2ccc3c(c2)c(=O)n([C@H]2CC[C@@H](O)CC2)c2nc(NCC4CC4)ncc32)CC1. The van der Waals surface area contributed by atoms with Crippen molar-refractivity contribution in [3.63, 3.8) is 0 Å². The number of aliphatic hydroxyl groups excluding tert-OH is 1. The van der Waals surface area contributed by atoms with Gasteiger partial charge in [-0.2, -0.15) is 4.98 Å². The summed E-state index contributed by atoms with van der Waals surface area (Å²) < 4.78 is 7.72. The van der Waals surface area contributed by atoms with Crippen molar-refractivity contribution < 1.29 is 9.84 Å². The molecule has 6 rings (SSSR count). The van der Waals surface area contributed by atoms with E-state index in [9.17, 15) is 9.90 Å². The quantitative estimate of drug-likeness (QED) is 0.442. The van der Waals surface area contributed by atoms with E-state index in [-0.39, 0.29) is 17.7 Å². The average Bonchev–Trinajstić information content (AvgIpc) is 3.75. The lowest BCUT2D eigenvalue weighted by molar-refractivity contribution is 0.0125. The molecule has 1 aromatic carbocycles. The Bertz CT molecular complexity index is 1300. The lowest BCUT2D eigenvalue weighted by Gasteiger charge is -2.31. The zero-order chi connectivity index (χ0) is 25.4. The molecule has 0 radical (unpaired) electrons. The third-order valence-corrected chi connectivity index (χ3v) is 8.44. The van der Waals surface area contributed by atoms with Crippen molar-refractivity contribution in [2.24, 2.45) is 5.92 Å². The summed E-state index contributed by atoms with van der Waals surface area (Å²) >= 11 is 0. The summed E-state index contributed by atoms with van der Waals surface area (Å²) in [6.07, 6.45) is 9.60. The van der Waals surface area contributed by atoms with Crippen LogP contribution in [0.4, 0.5) is 5.95 Å². The molecule has 37 heavy (non-hydrogen) atoms. The molecular weight excluding hydrogens is 466 g/mol. The normalized spacial score (nSPS) is 23.6. The number of rotatable bonds is 8. The number of aliphatic hydroxyl groups is 1. The molecule has 0 spiro atoms. The highest BCUT2D eigenvalue weighted by atomic mass is 16.5. The third-order valence-electron chi connectivity index (χ3n) is 8.44. The zero-order valence-electron chi connectivity index (χ0n) is 21.9. The van der Waals surface area contributed by atoms with Gasteiger partial charge in [-0.15, -0.1) is 0 Å². The molecule has 3 aliphatic rings. The van der Waals surface area contributed by atoms with E-state index in [0.717, 1.165) is 80.2 Å². The fourth-order valence-electron chi connectivity index (χ4n) is 6.10. The largest absolute Gasteiger partial charge is 0.393 e. The predicted octanol–water partition coefficient (Wildman–Crippen LogP) is 4.24. The summed E-state index contributed by atoms with van der Waals surface area (Å²) in [6, 6.07) is 6.35. The Hall–Kier alpha value is -2.55. The number of likely N-dealkylation sites (tertiary alicyclic amines) is 1. The van der Waals surface area contributed by atoms with Crippen LogP contribution in [-0.4, -0.2) is 63.0 Å². The van der Waals surface area contributed by atoms with E-state index in [2.05, 4.69) is 40.3 Å². The Balaban J connectivity index is 1.35. The molecule has 198 valence electrons. The fourth-order valence-corrected chi connectivity index (χ4v) is 6.10. The average molecular weight is 506 g/mol. The minimum absolute atomic E-state index is 0.0210. The van der Waals surface area contributed by atoms with Gasteiger partial charge in [-0.05, 0) is 81.2 Å². The number of anilines is 1. The highest BCUT2D eigenvalue weighted by Gasteiger charge is 2.26. The molecule has 2 aromatic heterocycles. The van der Waals surface area contributed by atoms with Crippen molar-refractivity contribution in [3.8, 4) is 0 Å². The number of piperidine rings is 1. The number of hydrogen-bond donors (Lipinski definition) is 2. The van der Waals surface area contributed by atoms with Crippen molar-refractivity contribution >= 4 is 27.8 Å². The molecule has 3 fully saturated rings. The van der Waals surface area contributed by atoms with Gasteiger partial charge in [0.1, 0.15) is 5.65 Å². The van der Waals surface area contributed by atoms with Gasteiger partial charge in [-0.25, -0.2) is 4.98 Å². The Morgan fingerprint density at radius 2 is 1.81 bits per heavy atom. The number of nitrogens with zero attached hydrogens (tertiary/aromatic N) is 4. The van der Waals surface area contributed by atoms with Gasteiger partial charge in [0, 0.05) is 55.8 Å². The van der Waals surface area contributed by atoms with Crippen LogP contribution in [0.2, 0.25) is 0 Å². The first kappa shape index (κ1) is 24.8. The van der Waals surface area contributed by atoms with Crippen molar-refractivity contribution in [1.29, 1.82) is 0 Å². The van der Waals surface area contributed by atoms with E-state index in [1.165, 1.54) is 12.8 Å². The van der Waals surface area contributed by atoms with Crippen LogP contribution in [0.15, 0.2) is 29.2 Å². The lowest BCUT2D eigenvalue weighted by Crippen LogP contribution is -2.36. The summed E-state index contributed by atoms with van der Waals surface area (Å²) in [4.78, 5) is 26.0. The second kappa shape index (κ2) is 10.7. The van der Waals surface area contributed by atoms with E-state index in [4.69, 9.17) is 9.72 Å². The highest BCUT2D eigenvalue weighted by Crippen LogP contribution is 2.33. The first-order chi connectivity index (χ1) is 18.1. The molecule has 0 amide bonds. The van der Waals surface area contributed by atoms with Crippen molar-refractivity contribution in [2.75, 3.05) is 31.6 Å². The second-order valence-electron chi connectivity index (χ2n) is 11.2. The Kier molecular flexibility index (Phi) is 7.14. The van der Waals surface area contributed by atoms with Crippen LogP contribution in [0, 0.1) is 5.92 Å². The third kappa shape index (κ3) is 5.38. The standard InChI is InChI=1S/C29H39N5O3/c1-2-37-23-11-13-33(14-12-23)18-20-5-10-24-25(15-20)28(36)34(21-6-8-22(35)9-7-21)27-26(24)17-31-29(32-27)30-16-19-3-4-19/h5,10,15,17,19,21-23,35H,2-4,6-9,11-14,16,18H2,1H3,(H,30,31,32)/t21-,22+. The van der Waals surface area contributed by atoms with Gasteiger partial charge in [0.2, 0.25) is 5.95 Å². The summed E-state index contributed by atoms with van der Waals surface area (Å²) in [5.41, 5.74) is 1.89. The lowest BCUT2D eigenvalue weighted by atomic mass is 9.92. The van der Waals surface area contributed by atoms with E-state index >= 15 is 0 Å². The van der Waals surface area contributed by atoms with Crippen molar-refractivity contribution in [1.82, 2.24) is 19.4 Å². The van der Waals surface area contributed by atoms with Crippen LogP contribution in [0.5, 0.6) is 0 Å². The molecule has 2 N–H and O–H groups in total. The summed E-state index contributed by atoms with van der Waals surface area (Å²) in [6.45, 7) is 6.58. The van der Waals surface area contributed by atoms with Crippen LogP contribution in [-0.2, 0) is 11.3 Å². The topological polar surface area (TPSA) is 92.5 Å². The van der Waals surface area contributed by atoms with E-state index < -0.39 is 0 Å². The maximum absolute atomic E-state index is 14.1. The van der Waals surface area contributed by atoms with Crippen LogP contribution in [0.3, 0.4) is 0 Å². The van der Waals surface area contributed by atoms with Crippen LogP contribution in [0.25, 0.3) is 21.8 Å². The first-order valence-corrected chi connectivity index (χ1v) is 14.2.